The van der Waals surface area contributed by atoms with Crippen molar-refractivity contribution in [2.45, 2.75) is 26.2 Å². The number of nitriles is 1. The number of para-hydroxylation sites is 2. The van der Waals surface area contributed by atoms with Crippen LogP contribution in [0.25, 0.3) is 88.4 Å². The van der Waals surface area contributed by atoms with E-state index in [-0.39, 0.29) is 17.2 Å². The molecule has 0 bridgehead atoms. The number of fused-ring (bicyclic) bond motifs is 6. The first kappa shape index (κ1) is 38.6. The minimum Gasteiger partial charge on any atom is -0.307 e. The summed E-state index contributed by atoms with van der Waals surface area (Å²) in [7, 11) is 0. The zero-order chi connectivity index (χ0) is 43.1. The van der Waals surface area contributed by atoms with Crippen molar-refractivity contribution in [1.29, 1.82) is 5.26 Å². The molecule has 10 rings (SSSR count). The number of halogens is 6. The Balaban J connectivity index is 1.30. The summed E-state index contributed by atoms with van der Waals surface area (Å²) in [5.41, 5.74) is 7.68. The fraction of sp³-hybridized carbons (Fsp3) is 0.0769. The van der Waals surface area contributed by atoms with E-state index in [0.29, 0.717) is 28.5 Å². The van der Waals surface area contributed by atoms with Crippen LogP contribution in [0.2, 0.25) is 0 Å². The Bertz CT molecular complexity index is 3470. The minimum absolute atomic E-state index is 0.0907. The van der Waals surface area contributed by atoms with Gasteiger partial charge in [-0.25, -0.2) is 0 Å². The van der Waals surface area contributed by atoms with Gasteiger partial charge in [0, 0.05) is 27.1 Å². The average Bonchev–Trinajstić information content (AvgIpc) is 3.77. The highest BCUT2D eigenvalue weighted by atomic mass is 19.4. The summed E-state index contributed by atoms with van der Waals surface area (Å²) in [6.07, 6.45) is -6.53. The molecule has 0 aliphatic carbocycles. The van der Waals surface area contributed by atoms with Gasteiger partial charge in [0.2, 0.25) is 0 Å². The number of alkyl halides is 6. The second kappa shape index (κ2) is 14.2. The highest BCUT2D eigenvalue weighted by Crippen LogP contribution is 2.45. The van der Waals surface area contributed by atoms with E-state index in [1.807, 2.05) is 53.1 Å². The second-order valence-corrected chi connectivity index (χ2v) is 15.5. The summed E-state index contributed by atoms with van der Waals surface area (Å²) in [5, 5.41) is 13.3. The van der Waals surface area contributed by atoms with Crippen molar-refractivity contribution in [1.82, 2.24) is 14.1 Å². The molecular formula is C52H32F6N4. The molecule has 0 aliphatic heterocycles. The van der Waals surface area contributed by atoms with Crippen LogP contribution in [0.5, 0.6) is 0 Å². The maximum Gasteiger partial charge on any atom is 0.417 e. The lowest BCUT2D eigenvalue weighted by molar-refractivity contribution is -0.142. The number of aromatic nitrogens is 3. The van der Waals surface area contributed by atoms with Crippen LogP contribution in [0, 0.1) is 25.2 Å². The standard InChI is InChI=1S/C52H32F6N4/c1-30-11-19-37(31(2)23-30)34-16-20-41-39-7-3-5-9-44(39)61(46(41)24-34)48-28-60-29-49(50(48)33-14-12-32(27-59)13-15-33)62-45-10-6-4-8-40(45)42-21-17-35(25-47(42)62)38-22-18-36(51(53,54)55)26-43(38)52(56,57)58/h3-26,28-29H,1-2H3. The summed E-state index contributed by atoms with van der Waals surface area (Å²) < 4.78 is 89.0. The smallest absolute Gasteiger partial charge is 0.307 e. The van der Waals surface area contributed by atoms with Crippen molar-refractivity contribution >= 4 is 43.6 Å². The third-order valence-electron chi connectivity index (χ3n) is 11.7. The van der Waals surface area contributed by atoms with Gasteiger partial charge in [-0.15, -0.1) is 0 Å². The SMILES string of the molecule is Cc1ccc(-c2ccc3c4ccccc4n(-c4cncc(-n5c6ccccc6c6ccc(-c7ccc(C(F)(F)F)cc7C(F)(F)F)cc65)c4-c4ccc(C#N)cc4)c3c2)c(C)c1. The van der Waals surface area contributed by atoms with Crippen LogP contribution >= 0.6 is 0 Å². The van der Waals surface area contributed by atoms with Gasteiger partial charge in [-0.1, -0.05) is 103 Å². The Labute approximate surface area is 351 Å². The number of rotatable bonds is 5. The Hall–Kier alpha value is -7.64. The van der Waals surface area contributed by atoms with Gasteiger partial charge < -0.3 is 9.13 Å². The topological polar surface area (TPSA) is 46.5 Å². The molecule has 0 atom stereocenters. The zero-order valence-corrected chi connectivity index (χ0v) is 33.1. The van der Waals surface area contributed by atoms with Crippen molar-refractivity contribution in [3.05, 3.63) is 186 Å². The molecule has 7 aromatic carbocycles. The lowest BCUT2D eigenvalue weighted by atomic mass is 9.96. The third-order valence-corrected chi connectivity index (χ3v) is 11.7. The fourth-order valence-electron chi connectivity index (χ4n) is 8.92. The van der Waals surface area contributed by atoms with Crippen LogP contribution in [0.15, 0.2) is 158 Å². The van der Waals surface area contributed by atoms with Gasteiger partial charge in [0.15, 0.2) is 0 Å². The molecule has 3 aromatic heterocycles. The molecule has 0 fully saturated rings. The summed E-state index contributed by atoms with van der Waals surface area (Å²) in [4.78, 5) is 4.86. The molecule has 62 heavy (non-hydrogen) atoms. The molecule has 0 spiro atoms. The van der Waals surface area contributed by atoms with Gasteiger partial charge in [-0.05, 0) is 95.8 Å². The van der Waals surface area contributed by atoms with Crippen molar-refractivity contribution in [2.24, 2.45) is 0 Å². The Kier molecular flexibility index (Phi) is 8.85. The first-order valence-electron chi connectivity index (χ1n) is 19.7. The lowest BCUT2D eigenvalue weighted by Crippen LogP contribution is -2.12. The van der Waals surface area contributed by atoms with E-state index >= 15 is 0 Å². The first-order chi connectivity index (χ1) is 29.8. The molecule has 10 aromatic rings. The van der Waals surface area contributed by atoms with Crippen molar-refractivity contribution in [3.63, 3.8) is 0 Å². The number of benzene rings is 7. The van der Waals surface area contributed by atoms with Crippen LogP contribution in [0.4, 0.5) is 26.3 Å². The lowest BCUT2D eigenvalue weighted by Gasteiger charge is -2.20. The predicted octanol–water partition coefficient (Wildman–Crippen LogP) is 14.8. The maximum atomic E-state index is 14.6. The van der Waals surface area contributed by atoms with E-state index in [1.54, 1.807) is 36.7 Å². The quantitative estimate of drug-likeness (QED) is 0.162. The monoisotopic (exact) mass is 826 g/mol. The van der Waals surface area contributed by atoms with Gasteiger partial charge in [-0.2, -0.15) is 31.6 Å². The molecule has 0 radical (unpaired) electrons. The minimum atomic E-state index is -5.07. The van der Waals surface area contributed by atoms with E-state index in [9.17, 15) is 31.6 Å². The van der Waals surface area contributed by atoms with Gasteiger partial charge in [0.25, 0.3) is 0 Å². The van der Waals surface area contributed by atoms with Gasteiger partial charge >= 0.3 is 12.4 Å². The number of aryl methyl sites for hydroxylation is 2. The van der Waals surface area contributed by atoms with Crippen LogP contribution in [-0.2, 0) is 12.4 Å². The number of pyridine rings is 1. The number of nitrogens with zero attached hydrogens (tertiary/aromatic N) is 4. The molecular weight excluding hydrogens is 795 g/mol. The van der Waals surface area contributed by atoms with E-state index in [0.717, 1.165) is 77.5 Å². The van der Waals surface area contributed by atoms with Gasteiger partial charge in [0.1, 0.15) is 0 Å². The van der Waals surface area contributed by atoms with Crippen LogP contribution < -0.4 is 0 Å². The van der Waals surface area contributed by atoms with Crippen molar-refractivity contribution in [3.8, 4) is 50.8 Å². The van der Waals surface area contributed by atoms with Gasteiger partial charge in [-0.3, -0.25) is 4.98 Å². The van der Waals surface area contributed by atoms with Crippen LogP contribution in [0.3, 0.4) is 0 Å². The summed E-state index contributed by atoms with van der Waals surface area (Å²) in [6, 6.07) is 44.5. The Morgan fingerprint density at radius 3 is 1.55 bits per heavy atom. The molecule has 0 N–H and O–H groups in total. The van der Waals surface area contributed by atoms with Crippen LogP contribution in [-0.4, -0.2) is 14.1 Å². The number of hydrogen-bond donors (Lipinski definition) is 0. The van der Waals surface area contributed by atoms with E-state index in [2.05, 4.69) is 73.0 Å². The summed E-state index contributed by atoms with van der Waals surface area (Å²) in [6.45, 7) is 4.16. The Morgan fingerprint density at radius 1 is 0.500 bits per heavy atom. The molecule has 0 amide bonds. The summed E-state index contributed by atoms with van der Waals surface area (Å²) >= 11 is 0. The molecule has 3 heterocycles. The Morgan fingerprint density at radius 2 is 1.02 bits per heavy atom. The largest absolute Gasteiger partial charge is 0.417 e. The molecule has 4 nitrogen and oxygen atoms in total. The predicted molar refractivity (Wildman–Crippen MR) is 233 cm³/mol. The van der Waals surface area contributed by atoms with E-state index < -0.39 is 23.5 Å². The average molecular weight is 827 g/mol. The van der Waals surface area contributed by atoms with Crippen LogP contribution in [0.1, 0.15) is 27.8 Å². The molecule has 0 aliphatic rings. The van der Waals surface area contributed by atoms with E-state index in [4.69, 9.17) is 4.98 Å². The second-order valence-electron chi connectivity index (χ2n) is 15.5. The highest BCUT2D eigenvalue weighted by molar-refractivity contribution is 6.13. The van der Waals surface area contributed by atoms with Gasteiger partial charge in [0.05, 0.1) is 68.6 Å². The van der Waals surface area contributed by atoms with Crippen molar-refractivity contribution < 1.29 is 26.3 Å². The molecule has 0 unspecified atom stereocenters. The third kappa shape index (κ3) is 6.28. The molecule has 0 saturated heterocycles. The first-order valence-corrected chi connectivity index (χ1v) is 19.7. The van der Waals surface area contributed by atoms with E-state index in [1.165, 1.54) is 6.07 Å². The normalized spacial score (nSPS) is 12.2. The molecule has 302 valence electrons. The molecule has 10 heteroatoms. The zero-order valence-electron chi connectivity index (χ0n) is 33.1. The number of hydrogen-bond acceptors (Lipinski definition) is 2. The maximum absolute atomic E-state index is 14.6. The fourth-order valence-corrected chi connectivity index (χ4v) is 8.92. The molecule has 0 saturated carbocycles. The summed E-state index contributed by atoms with van der Waals surface area (Å²) in [5.74, 6) is 0. The highest BCUT2D eigenvalue weighted by Gasteiger charge is 2.38. The van der Waals surface area contributed by atoms with Crippen molar-refractivity contribution in [2.75, 3.05) is 0 Å².